The van der Waals surface area contributed by atoms with Crippen LogP contribution in [0.4, 0.5) is 11.4 Å². The van der Waals surface area contributed by atoms with Crippen LogP contribution >= 0.6 is 11.8 Å². The Balaban J connectivity index is 1.05. The van der Waals surface area contributed by atoms with Crippen LogP contribution in [0.1, 0.15) is 29.9 Å². The number of rotatable bonds is 5. The second-order valence-electron chi connectivity index (χ2n) is 14.1. The van der Waals surface area contributed by atoms with Gasteiger partial charge < -0.3 is 9.32 Å². The predicted molar refractivity (Wildman–Crippen MR) is 230 cm³/mol. The molecule has 0 N–H and O–H groups in total. The summed E-state index contributed by atoms with van der Waals surface area (Å²) in [6, 6.07) is 46.4. The Morgan fingerprint density at radius 3 is 2.24 bits per heavy atom. The highest BCUT2D eigenvalue weighted by Crippen LogP contribution is 2.54. The number of hydrogen-bond donors (Lipinski definition) is 0. The first kappa shape index (κ1) is 32.4. The molecule has 54 heavy (non-hydrogen) atoms. The highest BCUT2D eigenvalue weighted by atomic mass is 32.2. The molecule has 0 saturated carbocycles. The molecule has 3 aliphatic rings. The minimum atomic E-state index is 0.371. The molecule has 2 aliphatic carbocycles. The van der Waals surface area contributed by atoms with Gasteiger partial charge in [-0.3, -0.25) is 0 Å². The number of fused-ring (bicyclic) bond motifs is 8. The summed E-state index contributed by atoms with van der Waals surface area (Å²) >= 11 is 1.93. The minimum Gasteiger partial charge on any atom is -0.456 e. The van der Waals surface area contributed by atoms with Crippen molar-refractivity contribution >= 4 is 61.4 Å². The lowest BCUT2D eigenvalue weighted by molar-refractivity contribution is 0.669. The van der Waals surface area contributed by atoms with E-state index in [0.717, 1.165) is 46.3 Å². The van der Waals surface area contributed by atoms with Gasteiger partial charge in [0.1, 0.15) is 11.2 Å². The Kier molecular flexibility index (Phi) is 8.15. The maximum Gasteiger partial charge on any atom is 0.136 e. The monoisotopic (exact) mass is 711 g/mol. The largest absolute Gasteiger partial charge is 0.456 e. The normalized spacial score (nSPS) is 19.4. The zero-order valence-corrected chi connectivity index (χ0v) is 30.6. The van der Waals surface area contributed by atoms with Crippen LogP contribution in [-0.2, 0) is 0 Å². The fourth-order valence-corrected chi connectivity index (χ4v) is 9.44. The molecule has 1 atom stereocenters. The molecule has 0 fully saturated rings. The van der Waals surface area contributed by atoms with E-state index in [1.165, 1.54) is 59.5 Å². The number of allylic oxidation sites excluding steroid dienone is 12. The summed E-state index contributed by atoms with van der Waals surface area (Å²) in [6.45, 7) is 4.12. The molecule has 10 rings (SSSR count). The molecule has 0 radical (unpaired) electrons. The molecule has 0 bridgehead atoms. The maximum absolute atomic E-state index is 6.23. The van der Waals surface area contributed by atoms with E-state index in [1.54, 1.807) is 0 Å². The highest BCUT2D eigenvalue weighted by molar-refractivity contribution is 8.03. The summed E-state index contributed by atoms with van der Waals surface area (Å²) in [5.41, 5.74) is 12.6. The van der Waals surface area contributed by atoms with Gasteiger partial charge in [-0.25, -0.2) is 0 Å². The number of para-hydroxylation sites is 1. The van der Waals surface area contributed by atoms with Crippen molar-refractivity contribution in [3.63, 3.8) is 0 Å². The number of anilines is 2. The summed E-state index contributed by atoms with van der Waals surface area (Å²) in [6.07, 6.45) is 21.3. The van der Waals surface area contributed by atoms with Crippen LogP contribution in [0.15, 0.2) is 214 Å². The topological polar surface area (TPSA) is 16.4 Å². The van der Waals surface area contributed by atoms with Gasteiger partial charge in [-0.05, 0) is 112 Å². The molecule has 6 aromatic carbocycles. The van der Waals surface area contributed by atoms with Crippen molar-refractivity contribution in [3.8, 4) is 11.1 Å². The zero-order valence-electron chi connectivity index (χ0n) is 29.8. The maximum atomic E-state index is 6.23. The highest BCUT2D eigenvalue weighted by Gasteiger charge is 2.33. The Morgan fingerprint density at radius 1 is 0.630 bits per heavy atom. The molecule has 1 aromatic heterocycles. The smallest absolute Gasteiger partial charge is 0.136 e. The van der Waals surface area contributed by atoms with Crippen LogP contribution in [0.2, 0.25) is 0 Å². The van der Waals surface area contributed by atoms with Crippen LogP contribution in [0, 0.1) is 0 Å². The summed E-state index contributed by atoms with van der Waals surface area (Å²) in [4.78, 5) is 5.22. The van der Waals surface area contributed by atoms with E-state index in [0.29, 0.717) is 5.92 Å². The van der Waals surface area contributed by atoms with Crippen LogP contribution in [0.3, 0.4) is 0 Å². The first-order valence-corrected chi connectivity index (χ1v) is 19.4. The number of benzene rings is 6. The van der Waals surface area contributed by atoms with Gasteiger partial charge >= 0.3 is 0 Å². The van der Waals surface area contributed by atoms with E-state index in [1.807, 2.05) is 30.0 Å². The first-order chi connectivity index (χ1) is 26.7. The third kappa shape index (κ3) is 5.78. The lowest BCUT2D eigenvalue weighted by Crippen LogP contribution is -2.19. The average molecular weight is 712 g/mol. The third-order valence-corrected chi connectivity index (χ3v) is 12.1. The molecule has 3 heteroatoms. The number of furan rings is 1. The molecule has 0 saturated heterocycles. The van der Waals surface area contributed by atoms with E-state index in [-0.39, 0.29) is 0 Å². The van der Waals surface area contributed by atoms with Crippen LogP contribution in [-0.4, -0.2) is 0 Å². The zero-order chi connectivity index (χ0) is 36.0. The van der Waals surface area contributed by atoms with Gasteiger partial charge in [0.2, 0.25) is 0 Å². The number of thioether (sulfide) groups is 1. The second kappa shape index (κ2) is 13.6. The molecule has 2 heterocycles. The number of hydrogen-bond acceptors (Lipinski definition) is 3. The van der Waals surface area contributed by atoms with E-state index in [2.05, 4.69) is 175 Å². The van der Waals surface area contributed by atoms with Crippen molar-refractivity contribution in [2.75, 3.05) is 4.90 Å². The van der Waals surface area contributed by atoms with Crippen molar-refractivity contribution < 1.29 is 4.42 Å². The Hall–Kier alpha value is -6.29. The van der Waals surface area contributed by atoms with Crippen molar-refractivity contribution in [3.05, 3.63) is 216 Å². The van der Waals surface area contributed by atoms with Gasteiger partial charge in [-0.1, -0.05) is 146 Å². The van der Waals surface area contributed by atoms with Gasteiger partial charge in [-0.15, -0.1) is 0 Å². The number of nitrogens with zero attached hydrogens (tertiary/aromatic N) is 1. The van der Waals surface area contributed by atoms with E-state index >= 15 is 0 Å². The second-order valence-corrected chi connectivity index (χ2v) is 15.2. The van der Waals surface area contributed by atoms with Gasteiger partial charge in [0.25, 0.3) is 0 Å². The van der Waals surface area contributed by atoms with E-state index < -0.39 is 0 Å². The Labute approximate surface area is 320 Å². The van der Waals surface area contributed by atoms with Gasteiger partial charge in [-0.2, -0.15) is 0 Å². The molecule has 1 aliphatic heterocycles. The van der Waals surface area contributed by atoms with Crippen molar-refractivity contribution in [2.24, 2.45) is 0 Å². The lowest BCUT2D eigenvalue weighted by Gasteiger charge is -2.31. The summed E-state index contributed by atoms with van der Waals surface area (Å²) in [7, 11) is 0. The van der Waals surface area contributed by atoms with Gasteiger partial charge in [0.05, 0.1) is 5.70 Å². The first-order valence-electron chi connectivity index (χ1n) is 18.6. The molecular weight excluding hydrogens is 675 g/mol. The van der Waals surface area contributed by atoms with Crippen molar-refractivity contribution in [1.82, 2.24) is 0 Å². The molecule has 2 nitrogen and oxygen atoms in total. The van der Waals surface area contributed by atoms with Crippen molar-refractivity contribution in [1.29, 1.82) is 0 Å². The van der Waals surface area contributed by atoms with Crippen molar-refractivity contribution in [2.45, 2.75) is 23.7 Å². The molecular formula is C51H37NOS. The molecule has 0 spiro atoms. The van der Waals surface area contributed by atoms with Crippen LogP contribution in [0.25, 0.3) is 49.4 Å². The quantitative estimate of drug-likeness (QED) is 0.177. The Morgan fingerprint density at radius 2 is 1.37 bits per heavy atom. The lowest BCUT2D eigenvalue weighted by atomic mass is 9.91. The fourth-order valence-electron chi connectivity index (χ4n) is 8.10. The van der Waals surface area contributed by atoms with Gasteiger partial charge in [0.15, 0.2) is 0 Å². The molecule has 1 unspecified atom stereocenters. The predicted octanol–water partition coefficient (Wildman–Crippen LogP) is 14.6. The summed E-state index contributed by atoms with van der Waals surface area (Å²) in [5, 5.41) is 4.75. The van der Waals surface area contributed by atoms with Gasteiger partial charge in [0, 0.05) is 37.9 Å². The summed E-state index contributed by atoms with van der Waals surface area (Å²) < 4.78 is 6.23. The van der Waals surface area contributed by atoms with E-state index in [9.17, 15) is 0 Å². The minimum absolute atomic E-state index is 0.371. The average Bonchev–Trinajstić information content (AvgIpc) is 3.80. The Bertz CT molecular complexity index is 2800. The standard InChI is InChI=1S/C51H37NOS/c1-34-11-3-2-4-13-35(14-9-12-34)36-23-28-40(29-24-36)52(46-18-10-17-43-42-15-6-8-20-49(42)54-51(43)46)41-30-25-37(26-31-41)39-22-21-38-27-32-48-50(45(38)33-39)44-16-5-7-19-47(44)53-48/h2-12,14-16,18-33,43H,1,13,17H2/b4-2-,11-3-,12-9-,35-14+. The van der Waals surface area contributed by atoms with E-state index in [4.69, 9.17) is 4.42 Å². The SMILES string of the molecule is C=C1/C=C\C=C/C/C(c2ccc(N(C3=C4Sc5ccccc5C4CC=C3)c3ccc(-c4ccc5ccc6oc7ccccc7c6c5c4)cc3)cc2)=C\C=C/1. The molecule has 0 amide bonds. The summed E-state index contributed by atoms with van der Waals surface area (Å²) in [5.74, 6) is 0.371. The molecule has 258 valence electrons. The van der Waals surface area contributed by atoms with Crippen LogP contribution < -0.4 is 4.90 Å². The molecule has 7 aromatic rings. The fraction of sp³-hybridized carbons (Fsp3) is 0.0588. The third-order valence-electron chi connectivity index (χ3n) is 10.8. The van der Waals surface area contributed by atoms with Crippen LogP contribution in [0.5, 0.6) is 0 Å².